The van der Waals surface area contributed by atoms with Crippen molar-refractivity contribution in [3.8, 4) is 0 Å². The first-order chi connectivity index (χ1) is 12.0. The molecule has 2 aliphatic rings. The van der Waals surface area contributed by atoms with Crippen LogP contribution in [0, 0.1) is 6.92 Å². The van der Waals surface area contributed by atoms with Gasteiger partial charge in [-0.05, 0) is 41.7 Å². The van der Waals surface area contributed by atoms with Crippen molar-refractivity contribution in [1.29, 1.82) is 0 Å². The van der Waals surface area contributed by atoms with Crippen molar-refractivity contribution in [2.24, 2.45) is 0 Å². The van der Waals surface area contributed by atoms with E-state index in [0.717, 1.165) is 6.42 Å². The summed E-state index contributed by atoms with van der Waals surface area (Å²) in [5.41, 5.74) is 4.82. The molecule has 1 amide bonds. The SMILES string of the molecule is Cc1ccc([C@@H](C)CC(=O)N2C(=S)O[C@H]3Cc4ccccc4[C@H]32)cc1. The van der Waals surface area contributed by atoms with Crippen LogP contribution in [0.25, 0.3) is 0 Å². The predicted molar refractivity (Wildman–Crippen MR) is 101 cm³/mol. The highest BCUT2D eigenvalue weighted by atomic mass is 32.1. The van der Waals surface area contributed by atoms with Gasteiger partial charge in [-0.25, -0.2) is 0 Å². The van der Waals surface area contributed by atoms with Crippen molar-refractivity contribution in [2.45, 2.75) is 44.8 Å². The largest absolute Gasteiger partial charge is 0.464 e. The van der Waals surface area contributed by atoms with E-state index in [2.05, 4.69) is 50.2 Å². The van der Waals surface area contributed by atoms with Gasteiger partial charge in [0, 0.05) is 12.8 Å². The molecule has 2 aromatic rings. The number of hydrogen-bond donors (Lipinski definition) is 0. The number of carbonyl (C=O) groups excluding carboxylic acids is 1. The molecule has 0 bridgehead atoms. The summed E-state index contributed by atoms with van der Waals surface area (Å²) in [6, 6.07) is 16.5. The zero-order chi connectivity index (χ0) is 17.6. The number of aryl methyl sites for hydroxylation is 1. The first-order valence-electron chi connectivity index (χ1n) is 8.71. The van der Waals surface area contributed by atoms with Gasteiger partial charge in [-0.3, -0.25) is 9.69 Å². The lowest BCUT2D eigenvalue weighted by molar-refractivity contribution is -0.128. The maximum atomic E-state index is 13.0. The van der Waals surface area contributed by atoms with Gasteiger partial charge in [-0.15, -0.1) is 0 Å². The van der Waals surface area contributed by atoms with Crippen molar-refractivity contribution in [3.63, 3.8) is 0 Å². The Labute approximate surface area is 153 Å². The molecule has 1 heterocycles. The molecule has 3 nitrogen and oxygen atoms in total. The molecule has 1 fully saturated rings. The third kappa shape index (κ3) is 2.85. The van der Waals surface area contributed by atoms with E-state index < -0.39 is 0 Å². The number of ether oxygens (including phenoxy) is 1. The zero-order valence-corrected chi connectivity index (χ0v) is 15.3. The molecule has 1 aliphatic heterocycles. The van der Waals surface area contributed by atoms with E-state index in [9.17, 15) is 4.79 Å². The summed E-state index contributed by atoms with van der Waals surface area (Å²) >= 11 is 5.37. The van der Waals surface area contributed by atoms with Crippen LogP contribution in [0.4, 0.5) is 0 Å². The summed E-state index contributed by atoms with van der Waals surface area (Å²) in [6.45, 7) is 4.15. The van der Waals surface area contributed by atoms with Crippen LogP contribution in [-0.2, 0) is 16.0 Å². The van der Waals surface area contributed by atoms with Crippen molar-refractivity contribution in [3.05, 3.63) is 70.8 Å². The van der Waals surface area contributed by atoms with Crippen LogP contribution >= 0.6 is 12.2 Å². The second-order valence-electron chi connectivity index (χ2n) is 7.05. The van der Waals surface area contributed by atoms with Crippen LogP contribution < -0.4 is 0 Å². The second-order valence-corrected chi connectivity index (χ2v) is 7.40. The number of benzene rings is 2. The van der Waals surface area contributed by atoms with Crippen molar-refractivity contribution in [2.75, 3.05) is 0 Å². The number of hydrogen-bond acceptors (Lipinski definition) is 3. The van der Waals surface area contributed by atoms with Crippen molar-refractivity contribution >= 4 is 23.3 Å². The number of amides is 1. The number of rotatable bonds is 3. The minimum Gasteiger partial charge on any atom is -0.464 e. The van der Waals surface area contributed by atoms with Gasteiger partial charge in [-0.2, -0.15) is 0 Å². The standard InChI is InChI=1S/C21H21NO2S/c1-13-7-9-15(10-8-13)14(2)11-19(23)22-20-17-6-4-3-5-16(17)12-18(20)24-21(22)25/h3-10,14,18,20H,11-12H2,1-2H3/t14-,18-,20+/m0/s1. The first-order valence-corrected chi connectivity index (χ1v) is 9.12. The van der Waals surface area contributed by atoms with E-state index in [-0.39, 0.29) is 24.0 Å². The lowest BCUT2D eigenvalue weighted by Crippen LogP contribution is -2.34. The minimum atomic E-state index is -0.0681. The Balaban J connectivity index is 1.55. The summed E-state index contributed by atoms with van der Waals surface area (Å²) in [5, 5.41) is 0.325. The van der Waals surface area contributed by atoms with Crippen LogP contribution in [0.2, 0.25) is 0 Å². The highest BCUT2D eigenvalue weighted by Crippen LogP contribution is 2.43. The summed E-state index contributed by atoms with van der Waals surface area (Å²) < 4.78 is 5.84. The van der Waals surface area contributed by atoms with E-state index in [4.69, 9.17) is 17.0 Å². The molecule has 0 aromatic heterocycles. The summed E-state index contributed by atoms with van der Waals surface area (Å²) in [6.07, 6.45) is 1.21. The van der Waals surface area contributed by atoms with Crippen LogP contribution in [0.3, 0.4) is 0 Å². The van der Waals surface area contributed by atoms with Crippen LogP contribution in [-0.4, -0.2) is 22.1 Å². The number of fused-ring (bicyclic) bond motifs is 3. The summed E-state index contributed by atoms with van der Waals surface area (Å²) in [7, 11) is 0. The van der Waals surface area contributed by atoms with Gasteiger partial charge in [0.15, 0.2) is 0 Å². The molecule has 25 heavy (non-hydrogen) atoms. The van der Waals surface area contributed by atoms with Crippen molar-refractivity contribution in [1.82, 2.24) is 4.90 Å². The van der Waals surface area contributed by atoms with Crippen LogP contribution in [0.1, 0.15) is 47.6 Å². The van der Waals surface area contributed by atoms with Gasteiger partial charge in [0.1, 0.15) is 12.1 Å². The number of carbonyl (C=O) groups is 1. The smallest absolute Gasteiger partial charge is 0.267 e. The Morgan fingerprint density at radius 2 is 1.96 bits per heavy atom. The molecule has 0 spiro atoms. The third-order valence-electron chi connectivity index (χ3n) is 5.27. The number of nitrogens with zero attached hydrogens (tertiary/aromatic N) is 1. The average molecular weight is 351 g/mol. The van der Waals surface area contributed by atoms with Gasteiger partial charge in [-0.1, -0.05) is 61.0 Å². The molecule has 4 rings (SSSR count). The van der Waals surface area contributed by atoms with Gasteiger partial charge in [0.05, 0.1) is 0 Å². The fourth-order valence-corrected chi connectivity index (χ4v) is 4.22. The monoisotopic (exact) mass is 351 g/mol. The van der Waals surface area contributed by atoms with Crippen LogP contribution in [0.15, 0.2) is 48.5 Å². The number of thiocarbonyl (C=S) groups is 1. The molecule has 1 aliphatic carbocycles. The van der Waals surface area contributed by atoms with E-state index in [1.165, 1.54) is 22.3 Å². The molecule has 2 aromatic carbocycles. The predicted octanol–water partition coefficient (Wildman–Crippen LogP) is 4.30. The van der Waals surface area contributed by atoms with E-state index >= 15 is 0 Å². The Kier molecular flexibility index (Phi) is 4.08. The maximum Gasteiger partial charge on any atom is 0.267 e. The summed E-state index contributed by atoms with van der Waals surface area (Å²) in [5.74, 6) is 0.189. The Hall–Kier alpha value is -2.20. The Bertz CT molecular complexity index is 830. The van der Waals surface area contributed by atoms with Crippen molar-refractivity contribution < 1.29 is 9.53 Å². The molecule has 0 unspecified atom stereocenters. The average Bonchev–Trinajstić information content (AvgIpc) is 3.09. The second kappa shape index (κ2) is 6.26. The molecule has 0 radical (unpaired) electrons. The van der Waals surface area contributed by atoms with Gasteiger partial charge in [0.25, 0.3) is 5.17 Å². The fourth-order valence-electron chi connectivity index (χ4n) is 3.88. The molecule has 0 N–H and O–H groups in total. The first kappa shape index (κ1) is 16.3. The molecular formula is C21H21NO2S. The third-order valence-corrected chi connectivity index (χ3v) is 5.56. The lowest BCUT2D eigenvalue weighted by Gasteiger charge is -2.23. The zero-order valence-electron chi connectivity index (χ0n) is 14.4. The van der Waals surface area contributed by atoms with E-state index in [1.807, 2.05) is 12.1 Å². The Morgan fingerprint density at radius 3 is 2.72 bits per heavy atom. The molecule has 4 heteroatoms. The van der Waals surface area contributed by atoms with Gasteiger partial charge in [0.2, 0.25) is 5.91 Å². The fraction of sp³-hybridized carbons (Fsp3) is 0.333. The molecule has 128 valence electrons. The summed E-state index contributed by atoms with van der Waals surface area (Å²) in [4.78, 5) is 14.7. The molecular weight excluding hydrogens is 330 g/mol. The quantitative estimate of drug-likeness (QED) is 0.772. The van der Waals surface area contributed by atoms with Gasteiger partial charge < -0.3 is 4.74 Å². The normalized spacial score (nSPS) is 22.3. The van der Waals surface area contributed by atoms with E-state index in [0.29, 0.717) is 11.6 Å². The maximum absolute atomic E-state index is 13.0. The molecule has 0 saturated carbocycles. The lowest BCUT2D eigenvalue weighted by atomic mass is 9.96. The minimum absolute atomic E-state index is 0.0384. The molecule has 3 atom stereocenters. The topological polar surface area (TPSA) is 29.5 Å². The van der Waals surface area contributed by atoms with Gasteiger partial charge >= 0.3 is 0 Å². The highest BCUT2D eigenvalue weighted by molar-refractivity contribution is 7.80. The van der Waals surface area contributed by atoms with E-state index in [1.54, 1.807) is 4.90 Å². The van der Waals surface area contributed by atoms with Crippen LogP contribution in [0.5, 0.6) is 0 Å². The Morgan fingerprint density at radius 1 is 1.24 bits per heavy atom. The highest BCUT2D eigenvalue weighted by Gasteiger charge is 2.48. The molecule has 1 saturated heterocycles.